The van der Waals surface area contributed by atoms with Crippen LogP contribution in [0.15, 0.2) is 53.4 Å². The molecule has 10 heteroatoms. The molecule has 156 valence electrons. The van der Waals surface area contributed by atoms with Gasteiger partial charge in [-0.3, -0.25) is 4.79 Å². The maximum absolute atomic E-state index is 13.1. The van der Waals surface area contributed by atoms with E-state index in [-0.39, 0.29) is 11.7 Å². The van der Waals surface area contributed by atoms with Crippen LogP contribution in [0, 0.1) is 0 Å². The summed E-state index contributed by atoms with van der Waals surface area (Å²) in [4.78, 5) is 14.2. The minimum Gasteiger partial charge on any atom is -0.379 e. The standard InChI is InChI=1S/C19H19F3N2O4S/c1-14(25)23-10-12-24(13-11-23)15-6-8-16(9-7-15)28-29(26,27)18-5-3-2-4-17(18)19(20,21)22/h2-9H,10-13H2,1H3. The maximum Gasteiger partial charge on any atom is 0.417 e. The van der Waals surface area contributed by atoms with Crippen molar-refractivity contribution in [2.75, 3.05) is 31.1 Å². The average Bonchev–Trinajstić information content (AvgIpc) is 2.68. The van der Waals surface area contributed by atoms with Crippen molar-refractivity contribution in [2.45, 2.75) is 18.0 Å². The van der Waals surface area contributed by atoms with Crippen molar-refractivity contribution < 1.29 is 30.6 Å². The Morgan fingerprint density at radius 1 is 0.966 bits per heavy atom. The van der Waals surface area contributed by atoms with Crippen LogP contribution in [0.5, 0.6) is 5.75 Å². The van der Waals surface area contributed by atoms with Crippen molar-refractivity contribution >= 4 is 21.7 Å². The summed E-state index contributed by atoms with van der Waals surface area (Å²) in [6, 6.07) is 9.91. The van der Waals surface area contributed by atoms with Gasteiger partial charge in [-0.15, -0.1) is 0 Å². The van der Waals surface area contributed by atoms with E-state index in [1.54, 1.807) is 17.0 Å². The lowest BCUT2D eigenvalue weighted by atomic mass is 10.2. The SMILES string of the molecule is CC(=O)N1CCN(c2ccc(OS(=O)(=O)c3ccccc3C(F)(F)F)cc2)CC1. The molecular weight excluding hydrogens is 409 g/mol. The molecule has 1 amide bonds. The van der Waals surface area contributed by atoms with Crippen molar-refractivity contribution in [2.24, 2.45) is 0 Å². The van der Waals surface area contributed by atoms with Gasteiger partial charge in [-0.1, -0.05) is 12.1 Å². The van der Waals surface area contributed by atoms with Crippen molar-refractivity contribution in [3.8, 4) is 5.75 Å². The largest absolute Gasteiger partial charge is 0.417 e. The smallest absolute Gasteiger partial charge is 0.379 e. The Labute approximate surface area is 166 Å². The number of benzene rings is 2. The van der Waals surface area contributed by atoms with Gasteiger partial charge in [0.05, 0.1) is 5.56 Å². The van der Waals surface area contributed by atoms with Crippen LogP contribution >= 0.6 is 0 Å². The first-order valence-electron chi connectivity index (χ1n) is 8.79. The first kappa shape index (κ1) is 21.0. The molecule has 0 N–H and O–H groups in total. The fourth-order valence-electron chi connectivity index (χ4n) is 3.08. The molecule has 29 heavy (non-hydrogen) atoms. The summed E-state index contributed by atoms with van der Waals surface area (Å²) in [5.74, 6) is -0.0779. The van der Waals surface area contributed by atoms with Crippen LogP contribution < -0.4 is 9.08 Å². The van der Waals surface area contributed by atoms with Crippen molar-refractivity contribution in [3.63, 3.8) is 0 Å². The number of rotatable bonds is 4. The van der Waals surface area contributed by atoms with Crippen molar-refractivity contribution in [1.82, 2.24) is 4.90 Å². The van der Waals surface area contributed by atoms with Gasteiger partial charge in [0.25, 0.3) is 0 Å². The van der Waals surface area contributed by atoms with Crippen LogP contribution in [-0.4, -0.2) is 45.4 Å². The zero-order valence-electron chi connectivity index (χ0n) is 15.5. The Bertz CT molecular complexity index is 983. The van der Waals surface area contributed by atoms with Gasteiger partial charge in [0.15, 0.2) is 0 Å². The third-order valence-corrected chi connectivity index (χ3v) is 5.90. The van der Waals surface area contributed by atoms with E-state index in [1.165, 1.54) is 25.1 Å². The van der Waals surface area contributed by atoms with Crippen LogP contribution in [0.2, 0.25) is 0 Å². The minimum atomic E-state index is -4.82. The summed E-state index contributed by atoms with van der Waals surface area (Å²) in [5, 5.41) is 0. The first-order chi connectivity index (χ1) is 13.6. The summed E-state index contributed by atoms with van der Waals surface area (Å²) >= 11 is 0. The summed E-state index contributed by atoms with van der Waals surface area (Å²) in [5.41, 5.74) is -0.478. The highest BCUT2D eigenvalue weighted by Gasteiger charge is 2.37. The van der Waals surface area contributed by atoms with Gasteiger partial charge in [0.2, 0.25) is 5.91 Å². The lowest BCUT2D eigenvalue weighted by molar-refractivity contribution is -0.140. The lowest BCUT2D eigenvalue weighted by Gasteiger charge is -2.35. The predicted molar refractivity (Wildman–Crippen MR) is 100 cm³/mol. The molecule has 0 atom stereocenters. The molecule has 1 heterocycles. The van der Waals surface area contributed by atoms with E-state index in [2.05, 4.69) is 0 Å². The number of hydrogen-bond acceptors (Lipinski definition) is 5. The number of carbonyl (C=O) groups is 1. The van der Waals surface area contributed by atoms with Crippen LogP contribution in [0.1, 0.15) is 12.5 Å². The number of amides is 1. The average molecular weight is 428 g/mol. The summed E-state index contributed by atoms with van der Waals surface area (Å²) in [6.45, 7) is 3.92. The Morgan fingerprint density at radius 2 is 1.55 bits per heavy atom. The summed E-state index contributed by atoms with van der Waals surface area (Å²) in [6.07, 6.45) is -4.82. The van der Waals surface area contributed by atoms with Gasteiger partial charge in [-0.2, -0.15) is 21.6 Å². The Morgan fingerprint density at radius 3 is 2.10 bits per heavy atom. The number of alkyl halides is 3. The summed E-state index contributed by atoms with van der Waals surface area (Å²) in [7, 11) is -4.66. The fraction of sp³-hybridized carbons (Fsp3) is 0.316. The number of anilines is 1. The number of hydrogen-bond donors (Lipinski definition) is 0. The molecule has 1 aliphatic heterocycles. The van der Waals surface area contributed by atoms with Crippen LogP contribution in [-0.2, 0) is 21.1 Å². The molecule has 6 nitrogen and oxygen atoms in total. The van der Waals surface area contributed by atoms with E-state index in [0.717, 1.165) is 17.8 Å². The molecule has 0 bridgehead atoms. The molecule has 0 spiro atoms. The summed E-state index contributed by atoms with van der Waals surface area (Å²) < 4.78 is 69.0. The molecule has 3 rings (SSSR count). The van der Waals surface area contributed by atoms with E-state index < -0.39 is 26.8 Å². The molecule has 2 aromatic rings. The van der Waals surface area contributed by atoms with Crippen LogP contribution in [0.3, 0.4) is 0 Å². The highest BCUT2D eigenvalue weighted by atomic mass is 32.2. The number of halogens is 3. The van der Waals surface area contributed by atoms with Crippen LogP contribution in [0.25, 0.3) is 0 Å². The molecule has 2 aromatic carbocycles. The minimum absolute atomic E-state index is 0.0118. The Balaban J connectivity index is 1.74. The molecule has 0 unspecified atom stereocenters. The van der Waals surface area contributed by atoms with Gasteiger partial charge in [0.1, 0.15) is 10.6 Å². The van der Waals surface area contributed by atoms with Crippen molar-refractivity contribution in [3.05, 3.63) is 54.1 Å². The first-order valence-corrected chi connectivity index (χ1v) is 10.2. The highest BCUT2D eigenvalue weighted by molar-refractivity contribution is 7.87. The van der Waals surface area contributed by atoms with Gasteiger partial charge < -0.3 is 14.0 Å². The van der Waals surface area contributed by atoms with Gasteiger partial charge in [0, 0.05) is 38.8 Å². The fourth-order valence-corrected chi connectivity index (χ4v) is 4.24. The maximum atomic E-state index is 13.1. The van der Waals surface area contributed by atoms with Gasteiger partial charge >= 0.3 is 16.3 Å². The molecule has 1 fully saturated rings. The van der Waals surface area contributed by atoms with Crippen molar-refractivity contribution in [1.29, 1.82) is 0 Å². The Hall–Kier alpha value is -2.75. The highest BCUT2D eigenvalue weighted by Crippen LogP contribution is 2.35. The predicted octanol–water partition coefficient (Wildman–Crippen LogP) is 3.14. The quantitative estimate of drug-likeness (QED) is 0.700. The lowest BCUT2D eigenvalue weighted by Crippen LogP contribution is -2.48. The van der Waals surface area contributed by atoms with E-state index in [4.69, 9.17) is 4.18 Å². The van der Waals surface area contributed by atoms with Crippen LogP contribution in [0.4, 0.5) is 18.9 Å². The normalized spacial score (nSPS) is 15.3. The second kappa shape index (κ2) is 7.94. The van der Waals surface area contributed by atoms with E-state index in [9.17, 15) is 26.4 Å². The molecule has 0 aromatic heterocycles. The topological polar surface area (TPSA) is 66.9 Å². The second-order valence-electron chi connectivity index (χ2n) is 6.52. The number of carbonyl (C=O) groups excluding carboxylic acids is 1. The molecule has 1 saturated heterocycles. The zero-order chi connectivity index (χ0) is 21.2. The molecule has 0 radical (unpaired) electrons. The van der Waals surface area contributed by atoms with Gasteiger partial charge in [-0.05, 0) is 36.4 Å². The monoisotopic (exact) mass is 428 g/mol. The third kappa shape index (κ3) is 4.81. The molecular formula is C19H19F3N2O4S. The van der Waals surface area contributed by atoms with E-state index in [1.807, 2.05) is 4.90 Å². The van der Waals surface area contributed by atoms with Gasteiger partial charge in [-0.25, -0.2) is 0 Å². The van der Waals surface area contributed by atoms with E-state index >= 15 is 0 Å². The number of nitrogens with zero attached hydrogens (tertiary/aromatic N) is 2. The third-order valence-electron chi connectivity index (χ3n) is 4.59. The molecule has 1 aliphatic rings. The molecule has 0 aliphatic carbocycles. The molecule has 0 saturated carbocycles. The number of piperazine rings is 1. The Kier molecular flexibility index (Phi) is 5.74. The second-order valence-corrected chi connectivity index (χ2v) is 8.03. The zero-order valence-corrected chi connectivity index (χ0v) is 16.3. The van der Waals surface area contributed by atoms with E-state index in [0.29, 0.717) is 32.2 Å².